The number of carboxylic acids is 1. The molecule has 1 aromatic carbocycles. The van der Waals surface area contributed by atoms with E-state index in [9.17, 15) is 9.59 Å². The van der Waals surface area contributed by atoms with E-state index >= 15 is 0 Å². The summed E-state index contributed by atoms with van der Waals surface area (Å²) in [4.78, 5) is 24.4. The summed E-state index contributed by atoms with van der Waals surface area (Å²) >= 11 is 0. The molecule has 0 spiro atoms. The standard InChI is InChI=1S/C14H20N2O3/c1-11-5-3-4-6-12(11)16(10-8-14(18)19)13(17)7-9-15-2/h3-6,15H,7-10H2,1-2H3,(H,18,19). The zero-order chi connectivity index (χ0) is 14.3. The van der Waals surface area contributed by atoms with Gasteiger partial charge < -0.3 is 15.3 Å². The first-order valence-electron chi connectivity index (χ1n) is 6.28. The van der Waals surface area contributed by atoms with Gasteiger partial charge in [-0.3, -0.25) is 9.59 Å². The van der Waals surface area contributed by atoms with Crippen LogP contribution in [0, 0.1) is 6.92 Å². The number of aryl methyl sites for hydroxylation is 1. The number of carboxylic acid groups (broad SMARTS) is 1. The molecule has 0 bridgehead atoms. The number of carbonyl (C=O) groups excluding carboxylic acids is 1. The van der Waals surface area contributed by atoms with Crippen molar-refractivity contribution in [3.63, 3.8) is 0 Å². The number of para-hydroxylation sites is 1. The second kappa shape index (κ2) is 7.53. The topological polar surface area (TPSA) is 69.6 Å². The lowest BCUT2D eigenvalue weighted by Gasteiger charge is -2.24. The molecule has 104 valence electrons. The average molecular weight is 264 g/mol. The summed E-state index contributed by atoms with van der Waals surface area (Å²) in [7, 11) is 1.78. The van der Waals surface area contributed by atoms with Crippen molar-refractivity contribution in [1.29, 1.82) is 0 Å². The van der Waals surface area contributed by atoms with Crippen molar-refractivity contribution in [2.24, 2.45) is 0 Å². The smallest absolute Gasteiger partial charge is 0.305 e. The number of anilines is 1. The van der Waals surface area contributed by atoms with E-state index in [1.54, 1.807) is 11.9 Å². The maximum absolute atomic E-state index is 12.2. The van der Waals surface area contributed by atoms with Gasteiger partial charge in [-0.05, 0) is 25.6 Å². The maximum atomic E-state index is 12.2. The van der Waals surface area contributed by atoms with E-state index in [0.29, 0.717) is 13.0 Å². The minimum atomic E-state index is -0.903. The number of aliphatic carboxylic acids is 1. The summed E-state index contributed by atoms with van der Waals surface area (Å²) in [6.07, 6.45) is 0.296. The van der Waals surface area contributed by atoms with Gasteiger partial charge in [0, 0.05) is 25.2 Å². The Hall–Kier alpha value is -1.88. The average Bonchev–Trinajstić information content (AvgIpc) is 2.38. The molecular formula is C14H20N2O3. The van der Waals surface area contributed by atoms with E-state index in [0.717, 1.165) is 11.3 Å². The number of benzene rings is 1. The number of hydrogen-bond donors (Lipinski definition) is 2. The van der Waals surface area contributed by atoms with Crippen molar-refractivity contribution in [1.82, 2.24) is 5.32 Å². The third-order valence-electron chi connectivity index (χ3n) is 2.85. The van der Waals surface area contributed by atoms with E-state index in [1.165, 1.54) is 0 Å². The molecule has 0 aromatic heterocycles. The lowest BCUT2D eigenvalue weighted by atomic mass is 10.1. The summed E-state index contributed by atoms with van der Waals surface area (Å²) in [5.41, 5.74) is 1.75. The monoisotopic (exact) mass is 264 g/mol. The molecule has 1 rings (SSSR count). The molecule has 0 aliphatic rings. The van der Waals surface area contributed by atoms with E-state index < -0.39 is 5.97 Å². The van der Waals surface area contributed by atoms with Crippen molar-refractivity contribution in [2.75, 3.05) is 25.0 Å². The minimum Gasteiger partial charge on any atom is -0.481 e. The second-order valence-electron chi connectivity index (χ2n) is 4.33. The first-order valence-corrected chi connectivity index (χ1v) is 6.28. The Morgan fingerprint density at radius 1 is 1.26 bits per heavy atom. The van der Waals surface area contributed by atoms with Crippen LogP contribution in [0.5, 0.6) is 0 Å². The quantitative estimate of drug-likeness (QED) is 0.781. The molecule has 5 nitrogen and oxygen atoms in total. The van der Waals surface area contributed by atoms with Crippen molar-refractivity contribution in [3.8, 4) is 0 Å². The highest BCUT2D eigenvalue weighted by Crippen LogP contribution is 2.20. The van der Waals surface area contributed by atoms with E-state index in [1.807, 2.05) is 31.2 Å². The van der Waals surface area contributed by atoms with Gasteiger partial charge in [0.05, 0.1) is 6.42 Å². The molecular weight excluding hydrogens is 244 g/mol. The van der Waals surface area contributed by atoms with Crippen LogP contribution in [0.2, 0.25) is 0 Å². The fourth-order valence-corrected chi connectivity index (χ4v) is 1.82. The Morgan fingerprint density at radius 2 is 1.95 bits per heavy atom. The fourth-order valence-electron chi connectivity index (χ4n) is 1.82. The summed E-state index contributed by atoms with van der Waals surface area (Å²) in [6, 6.07) is 7.50. The summed E-state index contributed by atoms with van der Waals surface area (Å²) in [5.74, 6) is -0.968. The Labute approximate surface area is 113 Å². The Bertz CT molecular complexity index is 446. The highest BCUT2D eigenvalue weighted by Gasteiger charge is 2.17. The number of amides is 1. The van der Waals surface area contributed by atoms with E-state index in [-0.39, 0.29) is 18.9 Å². The van der Waals surface area contributed by atoms with Crippen LogP contribution in [-0.4, -0.2) is 37.1 Å². The third kappa shape index (κ3) is 4.71. The Morgan fingerprint density at radius 3 is 2.53 bits per heavy atom. The van der Waals surface area contributed by atoms with Crippen LogP contribution in [0.15, 0.2) is 24.3 Å². The van der Waals surface area contributed by atoms with E-state index in [4.69, 9.17) is 5.11 Å². The lowest BCUT2D eigenvalue weighted by molar-refractivity contribution is -0.136. The summed E-state index contributed by atoms with van der Waals surface area (Å²) < 4.78 is 0. The molecule has 19 heavy (non-hydrogen) atoms. The molecule has 0 radical (unpaired) electrons. The van der Waals surface area contributed by atoms with Crippen molar-refractivity contribution < 1.29 is 14.7 Å². The highest BCUT2D eigenvalue weighted by atomic mass is 16.4. The number of carbonyl (C=O) groups is 2. The molecule has 0 saturated carbocycles. The Balaban J connectivity index is 2.88. The fraction of sp³-hybridized carbons (Fsp3) is 0.429. The lowest BCUT2D eigenvalue weighted by Crippen LogP contribution is -2.35. The van der Waals surface area contributed by atoms with Crippen LogP contribution in [0.1, 0.15) is 18.4 Å². The predicted octanol–water partition coefficient (Wildman–Crippen LogP) is 1.41. The summed E-state index contributed by atoms with van der Waals surface area (Å²) in [6.45, 7) is 2.69. The maximum Gasteiger partial charge on any atom is 0.305 e. The predicted molar refractivity (Wildman–Crippen MR) is 74.3 cm³/mol. The zero-order valence-electron chi connectivity index (χ0n) is 11.3. The molecule has 0 atom stereocenters. The molecule has 0 aliphatic heterocycles. The Kier molecular flexibility index (Phi) is 6.02. The van der Waals surface area contributed by atoms with Gasteiger partial charge in [0.25, 0.3) is 0 Å². The van der Waals surface area contributed by atoms with Crippen LogP contribution in [-0.2, 0) is 9.59 Å². The van der Waals surface area contributed by atoms with Crippen molar-refractivity contribution in [2.45, 2.75) is 19.8 Å². The van der Waals surface area contributed by atoms with Crippen LogP contribution >= 0.6 is 0 Å². The molecule has 2 N–H and O–H groups in total. The largest absolute Gasteiger partial charge is 0.481 e. The van der Waals surface area contributed by atoms with Gasteiger partial charge in [-0.1, -0.05) is 18.2 Å². The molecule has 0 unspecified atom stereocenters. The van der Waals surface area contributed by atoms with Crippen molar-refractivity contribution in [3.05, 3.63) is 29.8 Å². The number of rotatable bonds is 7. The van der Waals surface area contributed by atoms with Crippen LogP contribution in [0.25, 0.3) is 0 Å². The van der Waals surface area contributed by atoms with Gasteiger partial charge in [-0.25, -0.2) is 0 Å². The van der Waals surface area contributed by atoms with Gasteiger partial charge in [0.1, 0.15) is 0 Å². The number of nitrogens with zero attached hydrogens (tertiary/aromatic N) is 1. The first-order chi connectivity index (χ1) is 9.06. The van der Waals surface area contributed by atoms with Crippen LogP contribution in [0.3, 0.4) is 0 Å². The first kappa shape index (κ1) is 15.2. The molecule has 0 fully saturated rings. The molecule has 0 heterocycles. The normalized spacial score (nSPS) is 10.2. The number of hydrogen-bond acceptors (Lipinski definition) is 3. The second-order valence-corrected chi connectivity index (χ2v) is 4.33. The summed E-state index contributed by atoms with van der Waals surface area (Å²) in [5, 5.41) is 11.7. The molecule has 5 heteroatoms. The van der Waals surface area contributed by atoms with Gasteiger partial charge in [0.2, 0.25) is 5.91 Å². The van der Waals surface area contributed by atoms with Gasteiger partial charge in [-0.2, -0.15) is 0 Å². The minimum absolute atomic E-state index is 0.0559. The highest BCUT2D eigenvalue weighted by molar-refractivity contribution is 5.94. The molecule has 1 amide bonds. The number of nitrogens with one attached hydrogen (secondary N) is 1. The van der Waals surface area contributed by atoms with Crippen LogP contribution < -0.4 is 10.2 Å². The van der Waals surface area contributed by atoms with Crippen molar-refractivity contribution >= 4 is 17.6 Å². The SMILES string of the molecule is CNCCC(=O)N(CCC(=O)O)c1ccccc1C. The van der Waals surface area contributed by atoms with Gasteiger partial charge in [0.15, 0.2) is 0 Å². The third-order valence-corrected chi connectivity index (χ3v) is 2.85. The zero-order valence-corrected chi connectivity index (χ0v) is 11.3. The van der Waals surface area contributed by atoms with E-state index in [2.05, 4.69) is 5.32 Å². The van der Waals surface area contributed by atoms with Crippen LogP contribution in [0.4, 0.5) is 5.69 Å². The molecule has 1 aromatic rings. The van der Waals surface area contributed by atoms with Gasteiger partial charge in [-0.15, -0.1) is 0 Å². The van der Waals surface area contributed by atoms with Gasteiger partial charge >= 0.3 is 5.97 Å². The molecule has 0 saturated heterocycles. The molecule has 0 aliphatic carbocycles.